The normalized spacial score (nSPS) is 17.3. The van der Waals surface area contributed by atoms with Crippen molar-refractivity contribution in [1.29, 1.82) is 0 Å². The first-order valence-corrected chi connectivity index (χ1v) is 9.09. The minimum absolute atomic E-state index is 0.0295. The first kappa shape index (κ1) is 18.1. The van der Waals surface area contributed by atoms with E-state index in [0.29, 0.717) is 28.0 Å². The van der Waals surface area contributed by atoms with Crippen molar-refractivity contribution in [1.82, 2.24) is 4.90 Å². The van der Waals surface area contributed by atoms with Gasteiger partial charge in [-0.2, -0.15) is 0 Å². The maximum absolute atomic E-state index is 12.5. The molecule has 26 heavy (non-hydrogen) atoms. The Morgan fingerprint density at radius 2 is 1.96 bits per heavy atom. The molecule has 0 bridgehead atoms. The number of hydrogen-bond donors (Lipinski definition) is 1. The molecule has 2 aromatic carbocycles. The van der Waals surface area contributed by atoms with Gasteiger partial charge in [0.2, 0.25) is 0 Å². The molecular formula is C20H20N2O3S. The second kappa shape index (κ2) is 7.66. The van der Waals surface area contributed by atoms with Crippen LogP contribution >= 0.6 is 11.8 Å². The van der Waals surface area contributed by atoms with E-state index in [1.54, 1.807) is 31.3 Å². The molecule has 1 N–H and O–H groups in total. The van der Waals surface area contributed by atoms with Crippen molar-refractivity contribution >= 4 is 34.6 Å². The zero-order valence-corrected chi connectivity index (χ0v) is 15.7. The Labute approximate surface area is 157 Å². The zero-order chi connectivity index (χ0) is 18.7. The van der Waals surface area contributed by atoms with Crippen LogP contribution in [0.15, 0.2) is 52.4 Å². The average molecular weight is 368 g/mol. The van der Waals surface area contributed by atoms with Crippen molar-refractivity contribution in [3.8, 4) is 11.5 Å². The largest absolute Gasteiger partial charge is 0.504 e. The third-order valence-corrected chi connectivity index (χ3v) is 4.94. The van der Waals surface area contributed by atoms with E-state index in [-0.39, 0.29) is 11.7 Å². The number of phenolic OH excluding ortho intramolecular Hbond substituents is 1. The van der Waals surface area contributed by atoms with E-state index in [2.05, 4.69) is 4.99 Å². The number of carbonyl (C=O) groups is 1. The first-order chi connectivity index (χ1) is 12.5. The maximum Gasteiger partial charge on any atom is 0.266 e. The summed E-state index contributed by atoms with van der Waals surface area (Å²) >= 11 is 1.28. The van der Waals surface area contributed by atoms with Crippen LogP contribution in [0.3, 0.4) is 0 Å². The predicted molar refractivity (Wildman–Crippen MR) is 106 cm³/mol. The van der Waals surface area contributed by atoms with E-state index in [9.17, 15) is 9.90 Å². The third-order valence-electron chi connectivity index (χ3n) is 3.88. The van der Waals surface area contributed by atoms with Gasteiger partial charge in [0.05, 0.1) is 17.2 Å². The van der Waals surface area contributed by atoms with Gasteiger partial charge in [0.15, 0.2) is 16.7 Å². The maximum atomic E-state index is 12.5. The number of rotatable bonds is 4. The number of para-hydroxylation sites is 1. The smallest absolute Gasteiger partial charge is 0.266 e. The molecule has 6 heteroatoms. The summed E-state index contributed by atoms with van der Waals surface area (Å²) in [6.45, 7) is 4.32. The fourth-order valence-electron chi connectivity index (χ4n) is 2.45. The van der Waals surface area contributed by atoms with Gasteiger partial charge in [0, 0.05) is 12.6 Å². The fraction of sp³-hybridized carbons (Fsp3) is 0.200. The number of likely N-dealkylation sites (N-methyl/N-ethyl adjacent to an activating group) is 1. The third kappa shape index (κ3) is 3.75. The van der Waals surface area contributed by atoms with Gasteiger partial charge in [-0.3, -0.25) is 9.69 Å². The second-order valence-corrected chi connectivity index (χ2v) is 6.84. The lowest BCUT2D eigenvalue weighted by Gasteiger charge is -2.08. The van der Waals surface area contributed by atoms with Crippen LogP contribution in [0.25, 0.3) is 6.08 Å². The molecule has 0 aromatic heterocycles. The molecule has 1 saturated heterocycles. The summed E-state index contributed by atoms with van der Waals surface area (Å²) in [5, 5.41) is 10.9. The molecule has 0 spiro atoms. The summed E-state index contributed by atoms with van der Waals surface area (Å²) in [5.41, 5.74) is 2.49. The highest BCUT2D eigenvalue weighted by molar-refractivity contribution is 8.18. The van der Waals surface area contributed by atoms with Gasteiger partial charge in [-0.15, -0.1) is 0 Å². The molecular weight excluding hydrogens is 348 g/mol. The summed E-state index contributed by atoms with van der Waals surface area (Å²) in [6, 6.07) is 13.0. The van der Waals surface area contributed by atoms with Crippen molar-refractivity contribution in [2.24, 2.45) is 4.99 Å². The quantitative estimate of drug-likeness (QED) is 0.816. The Balaban J connectivity index is 1.90. The van der Waals surface area contributed by atoms with Gasteiger partial charge in [0.25, 0.3) is 5.91 Å². The predicted octanol–water partition coefficient (Wildman–Crippen LogP) is 4.33. The molecule has 0 aliphatic carbocycles. The van der Waals surface area contributed by atoms with Gasteiger partial charge < -0.3 is 9.84 Å². The minimum atomic E-state index is -0.151. The number of carbonyl (C=O) groups excluding carboxylic acids is 1. The Kier molecular flexibility index (Phi) is 5.32. The molecule has 1 heterocycles. The number of benzene rings is 2. The summed E-state index contributed by atoms with van der Waals surface area (Å²) in [7, 11) is 1.69. The van der Waals surface area contributed by atoms with Crippen LogP contribution in [0, 0.1) is 6.92 Å². The number of aryl methyl sites for hydroxylation is 1. The standard InChI is InChI=1S/C20H20N2O3S/c1-4-25-16-7-5-6-14(18(16)23)12-17-19(24)22(3)20(26-17)21-15-10-8-13(2)9-11-15/h5-12,23H,4H2,1-3H3. The number of nitrogens with zero attached hydrogens (tertiary/aromatic N) is 2. The van der Waals surface area contributed by atoms with Crippen molar-refractivity contribution < 1.29 is 14.6 Å². The van der Waals surface area contributed by atoms with Gasteiger partial charge in [-0.05, 0) is 49.9 Å². The topological polar surface area (TPSA) is 62.1 Å². The van der Waals surface area contributed by atoms with E-state index in [0.717, 1.165) is 11.3 Å². The highest BCUT2D eigenvalue weighted by Crippen LogP contribution is 2.37. The molecule has 1 aliphatic rings. The molecule has 1 aliphatic heterocycles. The van der Waals surface area contributed by atoms with E-state index in [4.69, 9.17) is 4.74 Å². The Morgan fingerprint density at radius 1 is 1.23 bits per heavy atom. The van der Waals surface area contributed by atoms with Gasteiger partial charge in [-0.1, -0.05) is 29.8 Å². The number of aromatic hydroxyl groups is 1. The van der Waals surface area contributed by atoms with Gasteiger partial charge in [-0.25, -0.2) is 4.99 Å². The summed E-state index contributed by atoms with van der Waals surface area (Å²) in [4.78, 5) is 19.1. The lowest BCUT2D eigenvalue weighted by Crippen LogP contribution is -2.23. The van der Waals surface area contributed by atoms with Crippen molar-refractivity contribution in [3.05, 3.63) is 58.5 Å². The summed E-state index contributed by atoms with van der Waals surface area (Å²) < 4.78 is 5.39. The molecule has 0 unspecified atom stereocenters. The van der Waals surface area contributed by atoms with Crippen LogP contribution in [0.1, 0.15) is 18.1 Å². The van der Waals surface area contributed by atoms with Gasteiger partial charge in [0.1, 0.15) is 0 Å². The van der Waals surface area contributed by atoms with Crippen molar-refractivity contribution in [2.45, 2.75) is 13.8 Å². The van der Waals surface area contributed by atoms with Crippen LogP contribution < -0.4 is 4.74 Å². The number of amides is 1. The number of hydrogen-bond acceptors (Lipinski definition) is 5. The lowest BCUT2D eigenvalue weighted by atomic mass is 10.1. The Hall–Kier alpha value is -2.73. The highest BCUT2D eigenvalue weighted by atomic mass is 32.2. The van der Waals surface area contributed by atoms with Gasteiger partial charge >= 0.3 is 0 Å². The van der Waals surface area contributed by atoms with Crippen LogP contribution in [0.4, 0.5) is 5.69 Å². The first-order valence-electron chi connectivity index (χ1n) is 8.27. The summed E-state index contributed by atoms with van der Waals surface area (Å²) in [5.74, 6) is 0.281. The fourth-order valence-corrected chi connectivity index (χ4v) is 3.43. The monoisotopic (exact) mass is 368 g/mol. The molecule has 0 atom stereocenters. The number of amidine groups is 1. The summed E-state index contributed by atoms with van der Waals surface area (Å²) in [6.07, 6.45) is 1.67. The molecule has 134 valence electrons. The van der Waals surface area contributed by atoms with E-state index >= 15 is 0 Å². The highest BCUT2D eigenvalue weighted by Gasteiger charge is 2.30. The van der Waals surface area contributed by atoms with Crippen LogP contribution in [-0.4, -0.2) is 34.7 Å². The van der Waals surface area contributed by atoms with Crippen LogP contribution in [-0.2, 0) is 4.79 Å². The number of phenols is 1. The van der Waals surface area contributed by atoms with E-state index in [1.165, 1.54) is 16.7 Å². The molecule has 1 fully saturated rings. The minimum Gasteiger partial charge on any atom is -0.504 e. The molecule has 0 radical (unpaired) electrons. The lowest BCUT2D eigenvalue weighted by molar-refractivity contribution is -0.121. The second-order valence-electron chi connectivity index (χ2n) is 5.83. The van der Waals surface area contributed by atoms with E-state index in [1.807, 2.05) is 38.1 Å². The number of aliphatic imine (C=N–C) groups is 1. The Bertz CT molecular complexity index is 888. The molecule has 2 aromatic rings. The zero-order valence-electron chi connectivity index (χ0n) is 14.9. The SMILES string of the molecule is CCOc1cccc(C=C2SC(=Nc3ccc(C)cc3)N(C)C2=O)c1O. The molecule has 3 rings (SSSR count). The van der Waals surface area contributed by atoms with Crippen LogP contribution in [0.2, 0.25) is 0 Å². The van der Waals surface area contributed by atoms with Crippen molar-refractivity contribution in [3.63, 3.8) is 0 Å². The number of thioether (sulfide) groups is 1. The Morgan fingerprint density at radius 3 is 2.65 bits per heavy atom. The van der Waals surface area contributed by atoms with Crippen molar-refractivity contribution in [2.75, 3.05) is 13.7 Å². The van der Waals surface area contributed by atoms with Crippen LogP contribution in [0.5, 0.6) is 11.5 Å². The average Bonchev–Trinajstić information content (AvgIpc) is 2.88. The van der Waals surface area contributed by atoms with E-state index < -0.39 is 0 Å². The molecule has 5 nitrogen and oxygen atoms in total. The molecule has 0 saturated carbocycles. The molecule has 1 amide bonds. The number of ether oxygens (including phenoxy) is 1.